The molecule has 0 spiro atoms. The molecule has 0 radical (unpaired) electrons. The second-order valence-electron chi connectivity index (χ2n) is 9.14. The summed E-state index contributed by atoms with van der Waals surface area (Å²) in [5.41, 5.74) is 2.73. The number of amides is 2. The first-order chi connectivity index (χ1) is 15.4. The van der Waals surface area contributed by atoms with Gasteiger partial charge < -0.3 is 9.73 Å². The van der Waals surface area contributed by atoms with Crippen LogP contribution in [0.4, 0.5) is 5.69 Å². The SMILES string of the molecule is Cc1cccc(N2C(=O)c3cc(-c4ccco4)nn3C[C@@]2(C)C(=O)NC2CCCC2)c1C. The summed E-state index contributed by atoms with van der Waals surface area (Å²) in [5.74, 6) is 0.216. The molecule has 0 saturated heterocycles. The molecule has 7 nitrogen and oxygen atoms in total. The zero-order valence-corrected chi connectivity index (χ0v) is 18.7. The number of aryl methyl sites for hydroxylation is 1. The topological polar surface area (TPSA) is 80.4 Å². The molecule has 2 aromatic heterocycles. The Hall–Kier alpha value is -3.35. The smallest absolute Gasteiger partial charge is 0.277 e. The van der Waals surface area contributed by atoms with Crippen LogP contribution < -0.4 is 10.2 Å². The third-order valence-corrected chi connectivity index (χ3v) is 6.92. The maximum absolute atomic E-state index is 13.9. The van der Waals surface area contributed by atoms with Gasteiger partial charge in [0.15, 0.2) is 5.76 Å². The second kappa shape index (κ2) is 7.65. The van der Waals surface area contributed by atoms with Gasteiger partial charge in [-0.1, -0.05) is 25.0 Å². The Morgan fingerprint density at radius 1 is 1.19 bits per heavy atom. The molecule has 1 aliphatic heterocycles. The van der Waals surface area contributed by atoms with Crippen LogP contribution in [0.3, 0.4) is 0 Å². The number of fused-ring (bicyclic) bond motifs is 1. The van der Waals surface area contributed by atoms with E-state index in [9.17, 15) is 9.59 Å². The zero-order chi connectivity index (χ0) is 22.5. The van der Waals surface area contributed by atoms with E-state index in [1.165, 1.54) is 0 Å². The number of carbonyl (C=O) groups is 2. The van der Waals surface area contributed by atoms with Gasteiger partial charge in [-0.15, -0.1) is 0 Å². The number of anilines is 1. The monoisotopic (exact) mass is 432 g/mol. The third kappa shape index (κ3) is 3.23. The molecule has 166 valence electrons. The molecular formula is C25H28N4O3. The summed E-state index contributed by atoms with van der Waals surface area (Å²) in [7, 11) is 0. The average Bonchev–Trinajstić information content (AvgIpc) is 3.52. The van der Waals surface area contributed by atoms with E-state index in [1.54, 1.807) is 28.0 Å². The van der Waals surface area contributed by atoms with Crippen LogP contribution in [0.25, 0.3) is 11.5 Å². The molecule has 5 rings (SSSR count). The van der Waals surface area contributed by atoms with Gasteiger partial charge in [0.2, 0.25) is 5.91 Å². The molecule has 2 aliphatic rings. The van der Waals surface area contributed by atoms with Gasteiger partial charge in [0.05, 0.1) is 12.8 Å². The van der Waals surface area contributed by atoms with Crippen LogP contribution in [0.5, 0.6) is 0 Å². The molecule has 0 bridgehead atoms. The molecule has 0 unspecified atom stereocenters. The molecular weight excluding hydrogens is 404 g/mol. The molecule has 2 amide bonds. The molecule has 3 aromatic rings. The number of nitrogens with zero attached hydrogens (tertiary/aromatic N) is 3. The number of hydrogen-bond acceptors (Lipinski definition) is 4. The van der Waals surface area contributed by atoms with Crippen molar-refractivity contribution in [1.82, 2.24) is 15.1 Å². The third-order valence-electron chi connectivity index (χ3n) is 6.92. The van der Waals surface area contributed by atoms with Crippen molar-refractivity contribution < 1.29 is 14.0 Å². The van der Waals surface area contributed by atoms with Crippen molar-refractivity contribution in [3.63, 3.8) is 0 Å². The van der Waals surface area contributed by atoms with Crippen molar-refractivity contribution in [2.75, 3.05) is 4.90 Å². The van der Waals surface area contributed by atoms with E-state index < -0.39 is 5.54 Å². The molecule has 32 heavy (non-hydrogen) atoms. The van der Waals surface area contributed by atoms with E-state index in [2.05, 4.69) is 10.4 Å². The first-order valence-electron chi connectivity index (χ1n) is 11.2. The summed E-state index contributed by atoms with van der Waals surface area (Å²) in [5, 5.41) is 7.83. The van der Waals surface area contributed by atoms with Crippen LogP contribution in [0.15, 0.2) is 47.1 Å². The second-order valence-corrected chi connectivity index (χ2v) is 9.14. The fourth-order valence-corrected chi connectivity index (χ4v) is 4.89. The van der Waals surface area contributed by atoms with Gasteiger partial charge in [-0.3, -0.25) is 19.2 Å². The molecule has 1 N–H and O–H groups in total. The Labute approximate surface area is 187 Å². The van der Waals surface area contributed by atoms with Crippen LogP contribution in [-0.2, 0) is 11.3 Å². The minimum atomic E-state index is -1.11. The summed E-state index contributed by atoms with van der Waals surface area (Å²) in [6, 6.07) is 11.4. The molecule has 1 atom stereocenters. The quantitative estimate of drug-likeness (QED) is 0.669. The predicted molar refractivity (Wildman–Crippen MR) is 121 cm³/mol. The van der Waals surface area contributed by atoms with Crippen LogP contribution in [0.1, 0.15) is 54.2 Å². The maximum atomic E-state index is 13.9. The lowest BCUT2D eigenvalue weighted by molar-refractivity contribution is -0.127. The van der Waals surface area contributed by atoms with E-state index in [0.717, 1.165) is 42.5 Å². The minimum Gasteiger partial charge on any atom is -0.463 e. The molecule has 7 heteroatoms. The van der Waals surface area contributed by atoms with Crippen LogP contribution in [0, 0.1) is 13.8 Å². The van der Waals surface area contributed by atoms with Crippen LogP contribution in [-0.4, -0.2) is 33.2 Å². The van der Waals surface area contributed by atoms with E-state index >= 15 is 0 Å². The highest BCUT2D eigenvalue weighted by Gasteiger charge is 2.49. The summed E-state index contributed by atoms with van der Waals surface area (Å²) in [4.78, 5) is 29.2. The van der Waals surface area contributed by atoms with E-state index in [1.807, 2.05) is 45.0 Å². The maximum Gasteiger partial charge on any atom is 0.277 e. The van der Waals surface area contributed by atoms with Gasteiger partial charge in [-0.05, 0) is 62.9 Å². The van der Waals surface area contributed by atoms with E-state index in [-0.39, 0.29) is 24.4 Å². The summed E-state index contributed by atoms with van der Waals surface area (Å²) in [6.45, 7) is 6.12. The molecule has 1 aliphatic carbocycles. The Kier molecular flexibility index (Phi) is 4.92. The largest absolute Gasteiger partial charge is 0.463 e. The number of nitrogens with one attached hydrogen (secondary N) is 1. The zero-order valence-electron chi connectivity index (χ0n) is 18.7. The molecule has 1 aromatic carbocycles. The first-order valence-corrected chi connectivity index (χ1v) is 11.2. The molecule has 1 saturated carbocycles. The number of benzene rings is 1. The van der Waals surface area contributed by atoms with Gasteiger partial charge in [0.1, 0.15) is 16.9 Å². The standard InChI is InChI=1S/C25H28N4O3/c1-16-8-6-11-20(17(16)2)29-23(30)21-14-19(22-12-7-13-32-22)27-28(21)15-25(29,3)24(31)26-18-9-4-5-10-18/h6-8,11-14,18H,4-5,9-10,15H2,1-3H3,(H,26,31)/t25-/m0/s1. The van der Waals surface area contributed by atoms with Gasteiger partial charge in [-0.25, -0.2) is 0 Å². The van der Waals surface area contributed by atoms with E-state index in [0.29, 0.717) is 17.1 Å². The van der Waals surface area contributed by atoms with Crippen molar-refractivity contribution in [1.29, 1.82) is 0 Å². The number of furan rings is 1. The van der Waals surface area contributed by atoms with Crippen molar-refractivity contribution in [3.8, 4) is 11.5 Å². The highest BCUT2D eigenvalue weighted by molar-refractivity contribution is 6.12. The summed E-state index contributed by atoms with van der Waals surface area (Å²) in [6.07, 6.45) is 5.79. The van der Waals surface area contributed by atoms with Crippen molar-refractivity contribution in [2.45, 2.75) is 64.6 Å². The highest BCUT2D eigenvalue weighted by Crippen LogP contribution is 2.37. The van der Waals surface area contributed by atoms with Gasteiger partial charge in [-0.2, -0.15) is 5.10 Å². The number of hydrogen-bond donors (Lipinski definition) is 1. The highest BCUT2D eigenvalue weighted by atomic mass is 16.3. The number of carbonyl (C=O) groups excluding carboxylic acids is 2. The van der Waals surface area contributed by atoms with Crippen LogP contribution >= 0.6 is 0 Å². The first kappa shape index (κ1) is 20.5. The Bertz CT molecular complexity index is 1170. The number of rotatable bonds is 4. The van der Waals surface area contributed by atoms with Gasteiger partial charge in [0, 0.05) is 17.8 Å². The number of aromatic nitrogens is 2. The lowest BCUT2D eigenvalue weighted by atomic mass is 9.92. The van der Waals surface area contributed by atoms with E-state index in [4.69, 9.17) is 4.42 Å². The summed E-state index contributed by atoms with van der Waals surface area (Å²) < 4.78 is 7.14. The Morgan fingerprint density at radius 3 is 2.69 bits per heavy atom. The van der Waals surface area contributed by atoms with Crippen molar-refractivity contribution in [3.05, 3.63) is 59.5 Å². The fraction of sp³-hybridized carbons (Fsp3) is 0.400. The Morgan fingerprint density at radius 2 is 1.97 bits per heavy atom. The van der Waals surface area contributed by atoms with Crippen molar-refractivity contribution >= 4 is 17.5 Å². The summed E-state index contributed by atoms with van der Waals surface area (Å²) >= 11 is 0. The average molecular weight is 433 g/mol. The fourth-order valence-electron chi connectivity index (χ4n) is 4.89. The lowest BCUT2D eigenvalue weighted by Crippen LogP contribution is -2.65. The molecule has 3 heterocycles. The minimum absolute atomic E-state index is 0.139. The van der Waals surface area contributed by atoms with Crippen LogP contribution in [0.2, 0.25) is 0 Å². The molecule has 1 fully saturated rings. The van der Waals surface area contributed by atoms with Gasteiger partial charge >= 0.3 is 0 Å². The predicted octanol–water partition coefficient (Wildman–Crippen LogP) is 4.24. The Balaban J connectivity index is 1.61. The van der Waals surface area contributed by atoms with Crippen molar-refractivity contribution in [2.24, 2.45) is 0 Å². The van der Waals surface area contributed by atoms with Gasteiger partial charge in [0.25, 0.3) is 5.91 Å². The lowest BCUT2D eigenvalue weighted by Gasteiger charge is -2.44. The normalized spacial score (nSPS) is 21.1.